The lowest BCUT2D eigenvalue weighted by Crippen LogP contribution is -2.42. The van der Waals surface area contributed by atoms with Crippen molar-refractivity contribution in [1.82, 2.24) is 4.72 Å². The van der Waals surface area contributed by atoms with E-state index in [0.29, 0.717) is 23.1 Å². The highest BCUT2D eigenvalue weighted by Crippen LogP contribution is 2.31. The van der Waals surface area contributed by atoms with E-state index in [4.69, 9.17) is 13.9 Å². The number of carbonyl (C=O) groups excluding carboxylic acids is 1. The lowest BCUT2D eigenvalue weighted by Gasteiger charge is -2.17. The molecule has 4 rings (SSSR count). The molecule has 3 aromatic carbocycles. The Balaban J connectivity index is 1.59. The summed E-state index contributed by atoms with van der Waals surface area (Å²) in [5, 5.41) is 0.648. The highest BCUT2D eigenvalue weighted by molar-refractivity contribution is 7.89. The van der Waals surface area contributed by atoms with Crippen LogP contribution in [0, 0.1) is 6.92 Å². The number of nitrogens with one attached hydrogen (secondary N) is 1. The van der Waals surface area contributed by atoms with Gasteiger partial charge in [-0.2, -0.15) is 4.72 Å². The Labute approximate surface area is 214 Å². The number of hydrogen-bond donors (Lipinski definition) is 1. The lowest BCUT2D eigenvalue weighted by molar-refractivity contribution is -0.136. The Hall–Kier alpha value is -3.95. The zero-order chi connectivity index (χ0) is 26.6. The average Bonchev–Trinajstić information content (AvgIpc) is 2.88. The fourth-order valence-corrected chi connectivity index (χ4v) is 5.11. The molecule has 0 aliphatic heterocycles. The summed E-state index contributed by atoms with van der Waals surface area (Å²) >= 11 is 0. The average molecular weight is 522 g/mol. The monoisotopic (exact) mass is 521 g/mol. The van der Waals surface area contributed by atoms with Crippen molar-refractivity contribution < 1.29 is 27.1 Å². The zero-order valence-electron chi connectivity index (χ0n) is 20.7. The third-order valence-corrected chi connectivity index (χ3v) is 7.31. The predicted octanol–water partition coefficient (Wildman–Crippen LogP) is 4.83. The fourth-order valence-electron chi connectivity index (χ4n) is 3.89. The zero-order valence-corrected chi connectivity index (χ0v) is 21.5. The summed E-state index contributed by atoms with van der Waals surface area (Å²) < 4.78 is 44.2. The third-order valence-electron chi connectivity index (χ3n) is 5.83. The van der Waals surface area contributed by atoms with Gasteiger partial charge in [0.25, 0.3) is 0 Å². The van der Waals surface area contributed by atoms with Gasteiger partial charge in [-0.3, -0.25) is 0 Å². The molecule has 0 saturated carbocycles. The molecule has 0 radical (unpaired) electrons. The molecule has 0 fully saturated rings. The van der Waals surface area contributed by atoms with Gasteiger partial charge in [-0.15, -0.1) is 0 Å². The van der Waals surface area contributed by atoms with Crippen LogP contribution in [0.25, 0.3) is 22.1 Å². The SMILES string of the molecule is CCC[C@H](NS(=O)(=O)c1ccc(C)cc1)C(=O)Oc1ccc2c(-c3ccc(OC)cc3)cc(=O)oc2c1. The van der Waals surface area contributed by atoms with Gasteiger partial charge in [-0.25, -0.2) is 18.0 Å². The van der Waals surface area contributed by atoms with Crippen molar-refractivity contribution >= 4 is 27.0 Å². The van der Waals surface area contributed by atoms with Crippen LogP contribution in [0.3, 0.4) is 0 Å². The van der Waals surface area contributed by atoms with Gasteiger partial charge >= 0.3 is 11.6 Å². The standard InChI is InChI=1S/C28H27NO7S/c1-4-5-25(29-37(32,33)22-13-6-18(2)7-14-22)28(31)35-21-12-15-23-24(17-27(30)36-26(23)16-21)19-8-10-20(34-3)11-9-19/h6-17,25,29H,4-5H2,1-3H3/t25-/m0/s1. The van der Waals surface area contributed by atoms with E-state index in [1.165, 1.54) is 24.3 Å². The Morgan fingerprint density at radius 1 is 0.973 bits per heavy atom. The molecule has 8 nitrogen and oxygen atoms in total. The number of hydrogen-bond acceptors (Lipinski definition) is 7. The molecule has 1 atom stereocenters. The quantitative estimate of drug-likeness (QED) is 0.191. The maximum absolute atomic E-state index is 13.0. The number of benzene rings is 3. The van der Waals surface area contributed by atoms with E-state index in [2.05, 4.69) is 4.72 Å². The molecule has 0 aliphatic rings. The largest absolute Gasteiger partial charge is 0.497 e. The first kappa shape index (κ1) is 26.1. The van der Waals surface area contributed by atoms with E-state index in [0.717, 1.165) is 11.1 Å². The first-order valence-corrected chi connectivity index (χ1v) is 13.2. The van der Waals surface area contributed by atoms with Crippen LogP contribution in [0.5, 0.6) is 11.5 Å². The molecule has 0 spiro atoms. The van der Waals surface area contributed by atoms with Crippen molar-refractivity contribution in [3.8, 4) is 22.6 Å². The van der Waals surface area contributed by atoms with Crippen LogP contribution >= 0.6 is 0 Å². The first-order valence-electron chi connectivity index (χ1n) is 11.7. The minimum atomic E-state index is -3.94. The molecule has 0 amide bonds. The second-order valence-electron chi connectivity index (χ2n) is 8.56. The van der Waals surface area contributed by atoms with Crippen molar-refractivity contribution in [2.45, 2.75) is 37.6 Å². The minimum Gasteiger partial charge on any atom is -0.497 e. The highest BCUT2D eigenvalue weighted by Gasteiger charge is 2.27. The maximum Gasteiger partial charge on any atom is 0.336 e. The minimum absolute atomic E-state index is 0.0607. The number of aryl methyl sites for hydroxylation is 1. The van der Waals surface area contributed by atoms with Crippen LogP contribution in [0.15, 0.2) is 86.9 Å². The molecule has 0 aliphatic carbocycles. The summed E-state index contributed by atoms with van der Waals surface area (Å²) in [4.78, 5) is 25.3. The molecular formula is C28H27NO7S. The summed E-state index contributed by atoms with van der Waals surface area (Å²) in [5.41, 5.74) is 2.03. The molecule has 0 unspecified atom stereocenters. The van der Waals surface area contributed by atoms with E-state index in [1.54, 1.807) is 43.5 Å². The highest BCUT2D eigenvalue weighted by atomic mass is 32.2. The molecule has 192 valence electrons. The fraction of sp³-hybridized carbons (Fsp3) is 0.214. The van der Waals surface area contributed by atoms with Crippen LogP contribution in [-0.2, 0) is 14.8 Å². The Morgan fingerprint density at radius 2 is 1.65 bits per heavy atom. The smallest absolute Gasteiger partial charge is 0.336 e. The molecule has 1 aromatic heterocycles. The van der Waals surface area contributed by atoms with Crippen molar-refractivity contribution in [1.29, 1.82) is 0 Å². The number of methoxy groups -OCH3 is 1. The molecule has 0 saturated heterocycles. The maximum atomic E-state index is 13.0. The van der Waals surface area contributed by atoms with Gasteiger partial charge in [0, 0.05) is 17.5 Å². The van der Waals surface area contributed by atoms with E-state index in [9.17, 15) is 18.0 Å². The predicted molar refractivity (Wildman–Crippen MR) is 140 cm³/mol. The number of rotatable bonds is 9. The summed E-state index contributed by atoms with van der Waals surface area (Å²) in [5.74, 6) is 0.0542. The Kier molecular flexibility index (Phi) is 7.75. The van der Waals surface area contributed by atoms with Crippen molar-refractivity contribution in [2.24, 2.45) is 0 Å². The number of sulfonamides is 1. The van der Waals surface area contributed by atoms with Gasteiger partial charge in [0.2, 0.25) is 10.0 Å². The van der Waals surface area contributed by atoms with Crippen molar-refractivity contribution in [2.75, 3.05) is 7.11 Å². The van der Waals surface area contributed by atoms with Crippen LogP contribution in [0.2, 0.25) is 0 Å². The van der Waals surface area contributed by atoms with Gasteiger partial charge in [-0.1, -0.05) is 43.2 Å². The first-order chi connectivity index (χ1) is 17.7. The van der Waals surface area contributed by atoms with Gasteiger partial charge < -0.3 is 13.9 Å². The van der Waals surface area contributed by atoms with Gasteiger partial charge in [0.05, 0.1) is 12.0 Å². The molecule has 0 bridgehead atoms. The number of esters is 1. The molecular weight excluding hydrogens is 494 g/mol. The third kappa shape index (κ3) is 6.07. The molecule has 1 N–H and O–H groups in total. The normalized spacial score (nSPS) is 12.3. The van der Waals surface area contributed by atoms with Crippen LogP contribution in [0.4, 0.5) is 0 Å². The summed E-state index contributed by atoms with van der Waals surface area (Å²) in [6.07, 6.45) is 0.794. The van der Waals surface area contributed by atoms with Gasteiger partial charge in [0.15, 0.2) is 0 Å². The van der Waals surface area contributed by atoms with Crippen molar-refractivity contribution in [3.63, 3.8) is 0 Å². The van der Waals surface area contributed by atoms with Gasteiger partial charge in [-0.05, 0) is 60.9 Å². The summed E-state index contributed by atoms with van der Waals surface area (Å²) in [7, 11) is -2.36. The molecule has 1 heterocycles. The molecule has 37 heavy (non-hydrogen) atoms. The van der Waals surface area contributed by atoms with E-state index in [1.807, 2.05) is 26.0 Å². The van der Waals surface area contributed by atoms with E-state index < -0.39 is 27.7 Å². The summed E-state index contributed by atoms with van der Waals surface area (Å²) in [6.45, 7) is 3.69. The van der Waals surface area contributed by atoms with Crippen molar-refractivity contribution in [3.05, 3.63) is 88.8 Å². The van der Waals surface area contributed by atoms with E-state index in [-0.39, 0.29) is 22.6 Å². The molecule has 9 heteroatoms. The summed E-state index contributed by atoms with van der Waals surface area (Å²) in [6, 6.07) is 18.6. The van der Waals surface area contributed by atoms with Gasteiger partial charge in [0.1, 0.15) is 23.1 Å². The second kappa shape index (κ2) is 11.0. The Morgan fingerprint density at radius 3 is 2.30 bits per heavy atom. The second-order valence-corrected chi connectivity index (χ2v) is 10.3. The van der Waals surface area contributed by atoms with E-state index >= 15 is 0 Å². The van der Waals surface area contributed by atoms with Crippen LogP contribution in [-0.4, -0.2) is 27.5 Å². The van der Waals surface area contributed by atoms with Crippen LogP contribution in [0.1, 0.15) is 25.3 Å². The number of ether oxygens (including phenoxy) is 2. The van der Waals surface area contributed by atoms with Crippen LogP contribution < -0.4 is 19.8 Å². The topological polar surface area (TPSA) is 112 Å². The Bertz CT molecular complexity index is 1570. The molecule has 4 aromatic rings. The number of fused-ring (bicyclic) bond motifs is 1. The lowest BCUT2D eigenvalue weighted by atomic mass is 10.0. The number of carbonyl (C=O) groups is 1.